The summed E-state index contributed by atoms with van der Waals surface area (Å²) in [6.07, 6.45) is 3.75. The van der Waals surface area contributed by atoms with Gasteiger partial charge in [0.25, 0.3) is 0 Å². The molecule has 0 aliphatic heterocycles. The summed E-state index contributed by atoms with van der Waals surface area (Å²) in [5.74, 6) is 0.751. The van der Waals surface area contributed by atoms with Crippen molar-refractivity contribution in [1.82, 2.24) is 0 Å². The van der Waals surface area contributed by atoms with Crippen molar-refractivity contribution in [3.8, 4) is 5.75 Å². The molecule has 0 amide bonds. The number of benzene rings is 1. The first-order valence-electron chi connectivity index (χ1n) is 5.66. The van der Waals surface area contributed by atoms with Gasteiger partial charge in [0.1, 0.15) is 5.75 Å². The Morgan fingerprint density at radius 3 is 2.56 bits per heavy atom. The van der Waals surface area contributed by atoms with Crippen molar-refractivity contribution < 1.29 is 9.84 Å². The second-order valence-corrected chi connectivity index (χ2v) is 5.31. The summed E-state index contributed by atoms with van der Waals surface area (Å²) in [6.45, 7) is 3.48. The van der Waals surface area contributed by atoms with Crippen molar-refractivity contribution in [3.63, 3.8) is 0 Å². The molecule has 0 aromatic heterocycles. The molecule has 0 atom stereocenters. The Kier molecular flexibility index (Phi) is 3.13. The van der Waals surface area contributed by atoms with E-state index in [4.69, 9.17) is 16.3 Å². The average molecular weight is 241 g/mol. The molecule has 1 aliphatic carbocycles. The molecular formula is C13H17ClO2. The molecule has 0 unspecified atom stereocenters. The predicted octanol–water partition coefficient (Wildman–Crippen LogP) is 3.50. The summed E-state index contributed by atoms with van der Waals surface area (Å²) in [7, 11) is 0. The summed E-state index contributed by atoms with van der Waals surface area (Å²) in [4.78, 5) is 0. The van der Waals surface area contributed by atoms with Gasteiger partial charge in [-0.15, -0.1) is 0 Å². The minimum atomic E-state index is -0.927. The number of hydrogen-bond donors (Lipinski definition) is 1. The molecule has 16 heavy (non-hydrogen) atoms. The van der Waals surface area contributed by atoms with E-state index in [-0.39, 0.29) is 0 Å². The molecular weight excluding hydrogens is 224 g/mol. The van der Waals surface area contributed by atoms with Gasteiger partial charge in [-0.1, -0.05) is 11.6 Å². The number of ether oxygens (including phenoxy) is 1. The zero-order chi connectivity index (χ0) is 11.8. The third kappa shape index (κ3) is 2.50. The second kappa shape index (κ2) is 4.27. The van der Waals surface area contributed by atoms with E-state index < -0.39 is 5.60 Å². The lowest BCUT2D eigenvalue weighted by molar-refractivity contribution is 0.0655. The lowest BCUT2D eigenvalue weighted by Crippen LogP contribution is -2.26. The van der Waals surface area contributed by atoms with Gasteiger partial charge in [0.2, 0.25) is 0 Å². The highest BCUT2D eigenvalue weighted by molar-refractivity contribution is 6.30. The second-order valence-electron chi connectivity index (χ2n) is 4.87. The van der Waals surface area contributed by atoms with Crippen LogP contribution in [-0.4, -0.2) is 11.2 Å². The highest BCUT2D eigenvalue weighted by atomic mass is 35.5. The van der Waals surface area contributed by atoms with Crippen molar-refractivity contribution in [2.45, 2.75) is 44.8 Å². The Bertz CT molecular complexity index is 378. The van der Waals surface area contributed by atoms with Crippen LogP contribution in [0.1, 0.15) is 38.7 Å². The smallest absolute Gasteiger partial charge is 0.125 e. The first-order valence-corrected chi connectivity index (χ1v) is 6.03. The lowest BCUT2D eigenvalue weighted by Gasteiger charge is -2.29. The molecule has 2 nitrogen and oxygen atoms in total. The molecule has 2 rings (SSSR count). The highest BCUT2D eigenvalue weighted by Crippen LogP contribution is 2.35. The van der Waals surface area contributed by atoms with Gasteiger partial charge < -0.3 is 9.84 Å². The minimum absolute atomic E-state index is 0.308. The summed E-state index contributed by atoms with van der Waals surface area (Å²) in [6, 6.07) is 5.41. The Balaban J connectivity index is 2.28. The van der Waals surface area contributed by atoms with Crippen LogP contribution in [0, 0.1) is 0 Å². The van der Waals surface area contributed by atoms with E-state index in [1.165, 1.54) is 6.42 Å². The minimum Gasteiger partial charge on any atom is -0.490 e. The molecule has 88 valence electrons. The quantitative estimate of drug-likeness (QED) is 0.876. The lowest BCUT2D eigenvalue weighted by atomic mass is 9.94. The molecule has 1 saturated carbocycles. The van der Waals surface area contributed by atoms with Gasteiger partial charge in [0.15, 0.2) is 0 Å². The van der Waals surface area contributed by atoms with E-state index in [2.05, 4.69) is 0 Å². The van der Waals surface area contributed by atoms with E-state index in [1.807, 2.05) is 6.07 Å². The normalized spacial score (nSPS) is 17.0. The molecule has 0 heterocycles. The van der Waals surface area contributed by atoms with Crippen LogP contribution in [0.3, 0.4) is 0 Å². The van der Waals surface area contributed by atoms with Crippen LogP contribution in [0.4, 0.5) is 0 Å². The van der Waals surface area contributed by atoms with E-state index in [1.54, 1.807) is 26.0 Å². The molecule has 1 aliphatic rings. The first-order chi connectivity index (χ1) is 7.47. The van der Waals surface area contributed by atoms with Crippen molar-refractivity contribution in [2.75, 3.05) is 0 Å². The standard InChI is InChI=1S/C13H17ClO2/c1-13(2,15)11-8-9(14)6-7-12(11)16-10-4-3-5-10/h6-8,10,15H,3-5H2,1-2H3. The zero-order valence-corrected chi connectivity index (χ0v) is 10.4. The highest BCUT2D eigenvalue weighted by Gasteiger charge is 2.25. The third-order valence-electron chi connectivity index (χ3n) is 2.95. The summed E-state index contributed by atoms with van der Waals surface area (Å²) in [5.41, 5.74) is -0.170. The fourth-order valence-corrected chi connectivity index (χ4v) is 1.92. The molecule has 1 fully saturated rings. The SMILES string of the molecule is CC(C)(O)c1cc(Cl)ccc1OC1CCC1. The van der Waals surface area contributed by atoms with Gasteiger partial charge in [0, 0.05) is 10.6 Å². The molecule has 1 aromatic carbocycles. The predicted molar refractivity (Wildman–Crippen MR) is 65.0 cm³/mol. The molecule has 0 spiro atoms. The Morgan fingerprint density at radius 1 is 1.38 bits per heavy atom. The maximum atomic E-state index is 10.1. The Labute approximate surface area is 101 Å². The van der Waals surface area contributed by atoms with Crippen LogP contribution in [0.25, 0.3) is 0 Å². The molecule has 1 aromatic rings. The van der Waals surface area contributed by atoms with Crippen LogP contribution in [-0.2, 0) is 5.60 Å². The van der Waals surface area contributed by atoms with Crippen LogP contribution >= 0.6 is 11.6 Å². The first kappa shape index (κ1) is 11.7. The van der Waals surface area contributed by atoms with Crippen molar-refractivity contribution in [3.05, 3.63) is 28.8 Å². The summed E-state index contributed by atoms with van der Waals surface area (Å²) < 4.78 is 5.84. The fourth-order valence-electron chi connectivity index (χ4n) is 1.75. The van der Waals surface area contributed by atoms with Crippen LogP contribution < -0.4 is 4.74 Å². The van der Waals surface area contributed by atoms with Gasteiger partial charge in [-0.3, -0.25) is 0 Å². The van der Waals surface area contributed by atoms with Crippen molar-refractivity contribution >= 4 is 11.6 Å². The van der Waals surface area contributed by atoms with E-state index in [0.29, 0.717) is 11.1 Å². The van der Waals surface area contributed by atoms with Gasteiger partial charge in [-0.2, -0.15) is 0 Å². The molecule has 0 bridgehead atoms. The summed E-state index contributed by atoms with van der Waals surface area (Å²) in [5, 5.41) is 10.7. The summed E-state index contributed by atoms with van der Waals surface area (Å²) >= 11 is 5.94. The van der Waals surface area contributed by atoms with Gasteiger partial charge in [-0.25, -0.2) is 0 Å². The van der Waals surface area contributed by atoms with Crippen molar-refractivity contribution in [2.24, 2.45) is 0 Å². The van der Waals surface area contributed by atoms with Crippen LogP contribution in [0.2, 0.25) is 5.02 Å². The fraction of sp³-hybridized carbons (Fsp3) is 0.538. The molecule has 0 radical (unpaired) electrons. The Morgan fingerprint density at radius 2 is 2.06 bits per heavy atom. The molecule has 0 saturated heterocycles. The largest absolute Gasteiger partial charge is 0.490 e. The third-order valence-corrected chi connectivity index (χ3v) is 3.18. The van der Waals surface area contributed by atoms with E-state index in [9.17, 15) is 5.11 Å². The van der Waals surface area contributed by atoms with E-state index in [0.717, 1.165) is 24.2 Å². The zero-order valence-electron chi connectivity index (χ0n) is 9.66. The van der Waals surface area contributed by atoms with Crippen molar-refractivity contribution in [1.29, 1.82) is 0 Å². The van der Waals surface area contributed by atoms with E-state index >= 15 is 0 Å². The molecule has 3 heteroatoms. The average Bonchev–Trinajstić information content (AvgIpc) is 2.11. The van der Waals surface area contributed by atoms with Gasteiger partial charge >= 0.3 is 0 Å². The van der Waals surface area contributed by atoms with Gasteiger partial charge in [-0.05, 0) is 51.3 Å². The maximum absolute atomic E-state index is 10.1. The Hall–Kier alpha value is -0.730. The number of hydrogen-bond acceptors (Lipinski definition) is 2. The van der Waals surface area contributed by atoms with Crippen LogP contribution in [0.15, 0.2) is 18.2 Å². The van der Waals surface area contributed by atoms with Crippen LogP contribution in [0.5, 0.6) is 5.75 Å². The van der Waals surface area contributed by atoms with Gasteiger partial charge in [0.05, 0.1) is 11.7 Å². The number of halogens is 1. The topological polar surface area (TPSA) is 29.5 Å². The number of rotatable bonds is 3. The molecule has 1 N–H and O–H groups in total. The monoisotopic (exact) mass is 240 g/mol. The number of aliphatic hydroxyl groups is 1. The maximum Gasteiger partial charge on any atom is 0.125 e.